The number of hydrogen-bond donors (Lipinski definition) is 0. The van der Waals surface area contributed by atoms with Gasteiger partial charge in [0, 0.05) is 11.4 Å². The molecule has 0 aromatic heterocycles. The summed E-state index contributed by atoms with van der Waals surface area (Å²) in [6.45, 7) is 9.44. The fraction of sp³-hybridized carbons (Fsp3) is 0.533. The second-order valence-corrected chi connectivity index (χ2v) is 5.47. The highest BCUT2D eigenvalue weighted by Gasteiger charge is 2.32. The highest BCUT2D eigenvalue weighted by atomic mass is 35.5. The van der Waals surface area contributed by atoms with Gasteiger partial charge in [0.25, 0.3) is 0 Å². The largest absolute Gasteiger partial charge is 0.297 e. The number of carbonyl (C=O) groups is 1. The summed E-state index contributed by atoms with van der Waals surface area (Å²) in [6.07, 6.45) is 0.153. The smallest absolute Gasteiger partial charge is 0.156 e. The molecule has 0 aliphatic carbocycles. The van der Waals surface area contributed by atoms with E-state index < -0.39 is 5.54 Å². The summed E-state index contributed by atoms with van der Waals surface area (Å²) in [5, 5.41) is 0.435. The number of halogens is 2. The van der Waals surface area contributed by atoms with E-state index in [4.69, 9.17) is 11.6 Å². The second-order valence-electron chi connectivity index (χ2n) is 5.07. The van der Waals surface area contributed by atoms with E-state index in [1.807, 2.05) is 27.7 Å². The van der Waals surface area contributed by atoms with Crippen LogP contribution in [0.4, 0.5) is 4.39 Å². The van der Waals surface area contributed by atoms with Crippen molar-refractivity contribution in [1.82, 2.24) is 4.90 Å². The predicted octanol–water partition coefficient (Wildman–Crippen LogP) is 3.71. The van der Waals surface area contributed by atoms with Gasteiger partial charge >= 0.3 is 0 Å². The van der Waals surface area contributed by atoms with Crippen molar-refractivity contribution in [3.8, 4) is 0 Å². The van der Waals surface area contributed by atoms with E-state index in [-0.39, 0.29) is 18.0 Å². The maximum atomic E-state index is 13.2. The van der Waals surface area contributed by atoms with Crippen LogP contribution in [-0.4, -0.2) is 29.3 Å². The van der Waals surface area contributed by atoms with Gasteiger partial charge in [-0.3, -0.25) is 9.69 Å². The Labute approximate surface area is 119 Å². The molecule has 0 aliphatic heterocycles. The first-order chi connectivity index (χ1) is 8.82. The molecule has 4 heteroatoms. The number of ketones is 1. The van der Waals surface area contributed by atoms with E-state index in [1.165, 1.54) is 18.2 Å². The molecule has 0 atom stereocenters. The Bertz CT molecular complexity index is 455. The molecule has 1 rings (SSSR count). The zero-order chi connectivity index (χ0) is 14.6. The summed E-state index contributed by atoms with van der Waals surface area (Å²) in [6, 6.07) is 4.12. The van der Waals surface area contributed by atoms with E-state index in [9.17, 15) is 9.18 Å². The van der Waals surface area contributed by atoms with E-state index in [1.54, 1.807) is 0 Å². The SMILES string of the molecule is CCN(CC)C(C)(C)C(=O)Cc1cc(F)ccc1Cl. The van der Waals surface area contributed by atoms with Crippen LogP contribution in [0.3, 0.4) is 0 Å². The average molecular weight is 286 g/mol. The van der Waals surface area contributed by atoms with E-state index in [0.717, 1.165) is 13.1 Å². The standard InChI is InChI=1S/C15H21ClFNO/c1-5-18(6-2)15(3,4)14(19)10-11-9-12(17)7-8-13(11)16/h7-9H,5-6,10H2,1-4H3. The molecule has 0 saturated heterocycles. The first kappa shape index (κ1) is 16.1. The summed E-state index contributed by atoms with van der Waals surface area (Å²) >= 11 is 6.01. The van der Waals surface area contributed by atoms with Crippen molar-refractivity contribution in [2.75, 3.05) is 13.1 Å². The van der Waals surface area contributed by atoms with Crippen LogP contribution in [0, 0.1) is 5.82 Å². The van der Waals surface area contributed by atoms with Crippen LogP contribution in [0.1, 0.15) is 33.3 Å². The number of rotatable bonds is 6. The van der Waals surface area contributed by atoms with Gasteiger partial charge in [-0.15, -0.1) is 0 Å². The van der Waals surface area contributed by atoms with Gasteiger partial charge < -0.3 is 0 Å². The highest BCUT2D eigenvalue weighted by molar-refractivity contribution is 6.31. The molecule has 0 N–H and O–H groups in total. The van der Waals surface area contributed by atoms with Crippen molar-refractivity contribution in [2.45, 2.75) is 39.7 Å². The van der Waals surface area contributed by atoms with Gasteiger partial charge in [-0.25, -0.2) is 4.39 Å². The van der Waals surface area contributed by atoms with Gasteiger partial charge in [0.2, 0.25) is 0 Å². The van der Waals surface area contributed by atoms with Gasteiger partial charge in [-0.1, -0.05) is 25.4 Å². The Morgan fingerprint density at radius 2 is 1.89 bits per heavy atom. The highest BCUT2D eigenvalue weighted by Crippen LogP contribution is 2.22. The molecule has 19 heavy (non-hydrogen) atoms. The summed E-state index contributed by atoms with van der Waals surface area (Å²) in [7, 11) is 0. The molecule has 0 heterocycles. The Kier molecular flexibility index (Phi) is 5.50. The van der Waals surface area contributed by atoms with Gasteiger partial charge in [0.15, 0.2) is 5.78 Å². The van der Waals surface area contributed by atoms with E-state index >= 15 is 0 Å². The molecule has 0 aliphatic rings. The molecule has 0 amide bonds. The number of benzene rings is 1. The van der Waals surface area contributed by atoms with Crippen LogP contribution in [0.5, 0.6) is 0 Å². The lowest BCUT2D eigenvalue weighted by Crippen LogP contribution is -2.50. The fourth-order valence-corrected chi connectivity index (χ4v) is 2.44. The van der Waals surface area contributed by atoms with Gasteiger partial charge in [-0.05, 0) is 50.7 Å². The lowest BCUT2D eigenvalue weighted by Gasteiger charge is -2.35. The zero-order valence-electron chi connectivity index (χ0n) is 12.0. The predicted molar refractivity (Wildman–Crippen MR) is 77.1 cm³/mol. The van der Waals surface area contributed by atoms with Gasteiger partial charge in [-0.2, -0.15) is 0 Å². The van der Waals surface area contributed by atoms with Crippen LogP contribution < -0.4 is 0 Å². The third-order valence-electron chi connectivity index (χ3n) is 3.60. The van der Waals surface area contributed by atoms with Gasteiger partial charge in [0.05, 0.1) is 5.54 Å². The van der Waals surface area contributed by atoms with Crippen molar-refractivity contribution in [3.05, 3.63) is 34.6 Å². The molecule has 106 valence electrons. The average Bonchev–Trinajstić information content (AvgIpc) is 2.35. The molecule has 0 fully saturated rings. The number of Topliss-reactive ketones (excluding diaryl/α,β-unsaturated/α-hetero) is 1. The number of hydrogen-bond acceptors (Lipinski definition) is 2. The number of carbonyl (C=O) groups excluding carboxylic acids is 1. The number of likely N-dealkylation sites (N-methyl/N-ethyl adjacent to an activating group) is 1. The summed E-state index contributed by atoms with van der Waals surface area (Å²) in [5.74, 6) is -0.323. The summed E-state index contributed by atoms with van der Waals surface area (Å²) in [5.41, 5.74) is -0.0222. The van der Waals surface area contributed by atoms with Crippen LogP contribution in [0.15, 0.2) is 18.2 Å². The third kappa shape index (κ3) is 3.77. The lowest BCUT2D eigenvalue weighted by molar-refractivity contribution is -0.128. The minimum atomic E-state index is -0.570. The lowest BCUT2D eigenvalue weighted by atomic mass is 9.91. The monoisotopic (exact) mass is 285 g/mol. The molecule has 1 aromatic rings. The van der Waals surface area contributed by atoms with Gasteiger partial charge in [0.1, 0.15) is 5.82 Å². The van der Waals surface area contributed by atoms with Crippen molar-refractivity contribution in [2.24, 2.45) is 0 Å². The van der Waals surface area contributed by atoms with Crippen molar-refractivity contribution < 1.29 is 9.18 Å². The minimum absolute atomic E-state index is 0.0451. The number of nitrogens with zero attached hydrogens (tertiary/aromatic N) is 1. The van der Waals surface area contributed by atoms with Crippen LogP contribution in [-0.2, 0) is 11.2 Å². The molecule has 0 spiro atoms. The molecular weight excluding hydrogens is 265 g/mol. The third-order valence-corrected chi connectivity index (χ3v) is 3.96. The zero-order valence-corrected chi connectivity index (χ0v) is 12.7. The van der Waals surface area contributed by atoms with Crippen molar-refractivity contribution >= 4 is 17.4 Å². The Morgan fingerprint density at radius 3 is 2.42 bits per heavy atom. The Balaban J connectivity index is 2.92. The van der Waals surface area contributed by atoms with Crippen molar-refractivity contribution in [1.29, 1.82) is 0 Å². The van der Waals surface area contributed by atoms with Crippen LogP contribution >= 0.6 is 11.6 Å². The topological polar surface area (TPSA) is 20.3 Å². The second kappa shape index (κ2) is 6.49. The molecular formula is C15H21ClFNO. The van der Waals surface area contributed by atoms with E-state index in [2.05, 4.69) is 4.90 Å². The van der Waals surface area contributed by atoms with Crippen LogP contribution in [0.2, 0.25) is 5.02 Å². The molecule has 0 bridgehead atoms. The normalized spacial score (nSPS) is 11.9. The van der Waals surface area contributed by atoms with Crippen molar-refractivity contribution in [3.63, 3.8) is 0 Å². The Hall–Kier alpha value is -0.930. The minimum Gasteiger partial charge on any atom is -0.297 e. The van der Waals surface area contributed by atoms with Crippen LogP contribution in [0.25, 0.3) is 0 Å². The maximum absolute atomic E-state index is 13.2. The molecule has 0 saturated carbocycles. The molecule has 0 radical (unpaired) electrons. The fourth-order valence-electron chi connectivity index (χ4n) is 2.26. The Morgan fingerprint density at radius 1 is 1.32 bits per heavy atom. The quantitative estimate of drug-likeness (QED) is 0.794. The van der Waals surface area contributed by atoms with E-state index in [0.29, 0.717) is 10.6 Å². The first-order valence-electron chi connectivity index (χ1n) is 6.55. The summed E-state index contributed by atoms with van der Waals surface area (Å²) < 4.78 is 13.2. The molecule has 2 nitrogen and oxygen atoms in total. The maximum Gasteiger partial charge on any atom is 0.156 e. The molecule has 1 aromatic carbocycles. The summed E-state index contributed by atoms with van der Waals surface area (Å²) in [4.78, 5) is 14.5. The molecule has 0 unspecified atom stereocenters. The first-order valence-corrected chi connectivity index (χ1v) is 6.93.